The van der Waals surface area contributed by atoms with Crippen molar-refractivity contribution in [1.29, 1.82) is 0 Å². The van der Waals surface area contributed by atoms with Crippen LogP contribution in [-0.2, 0) is 17.8 Å². The fourth-order valence-corrected chi connectivity index (χ4v) is 3.24. The average molecular weight is 332 g/mol. The van der Waals surface area contributed by atoms with Crippen LogP contribution in [0.4, 0.5) is 0 Å². The lowest BCUT2D eigenvalue weighted by molar-refractivity contribution is -0.0426. The molecule has 1 aliphatic heterocycles. The summed E-state index contributed by atoms with van der Waals surface area (Å²) in [7, 11) is 0. The maximum atomic E-state index is 5.79. The van der Waals surface area contributed by atoms with Crippen LogP contribution >= 0.6 is 11.3 Å². The number of nitrogens with zero attached hydrogens (tertiary/aromatic N) is 6. The van der Waals surface area contributed by atoms with E-state index in [0.717, 1.165) is 18.0 Å². The third kappa shape index (κ3) is 3.46. The van der Waals surface area contributed by atoms with Crippen LogP contribution in [0.15, 0.2) is 34.7 Å². The first-order valence-electron chi connectivity index (χ1n) is 7.39. The highest BCUT2D eigenvalue weighted by Crippen LogP contribution is 2.21. The Bertz CT molecular complexity index is 726. The van der Waals surface area contributed by atoms with Crippen molar-refractivity contribution in [1.82, 2.24) is 29.8 Å². The van der Waals surface area contributed by atoms with Crippen LogP contribution in [0.25, 0.3) is 10.7 Å². The summed E-state index contributed by atoms with van der Waals surface area (Å²) >= 11 is 1.60. The molecule has 3 aromatic rings. The van der Waals surface area contributed by atoms with Crippen LogP contribution in [-0.4, -0.2) is 55.6 Å². The highest BCUT2D eigenvalue weighted by molar-refractivity contribution is 7.13. The van der Waals surface area contributed by atoms with E-state index in [0.29, 0.717) is 31.4 Å². The van der Waals surface area contributed by atoms with Gasteiger partial charge in [0.1, 0.15) is 12.7 Å². The predicted octanol–water partition coefficient (Wildman–Crippen LogP) is 1.29. The van der Waals surface area contributed by atoms with Gasteiger partial charge in [-0.1, -0.05) is 11.2 Å². The summed E-state index contributed by atoms with van der Waals surface area (Å²) in [5.74, 6) is 1.29. The largest absolute Gasteiger partial charge is 0.374 e. The minimum Gasteiger partial charge on any atom is -0.374 e. The summed E-state index contributed by atoms with van der Waals surface area (Å²) in [6.07, 6.45) is 3.32. The second-order valence-corrected chi connectivity index (χ2v) is 6.28. The molecule has 0 amide bonds. The molecule has 9 heteroatoms. The highest BCUT2D eigenvalue weighted by atomic mass is 32.1. The summed E-state index contributed by atoms with van der Waals surface area (Å²) in [6.45, 7) is 3.67. The number of hydrogen-bond donors (Lipinski definition) is 0. The van der Waals surface area contributed by atoms with Gasteiger partial charge >= 0.3 is 0 Å². The Morgan fingerprint density at radius 1 is 1.39 bits per heavy atom. The second-order valence-electron chi connectivity index (χ2n) is 5.33. The molecule has 1 saturated heterocycles. The lowest BCUT2D eigenvalue weighted by atomic mass is 10.2. The molecule has 1 fully saturated rings. The number of morpholine rings is 1. The Kier molecular flexibility index (Phi) is 4.14. The summed E-state index contributed by atoms with van der Waals surface area (Å²) in [5.41, 5.74) is 0. The fourth-order valence-electron chi connectivity index (χ4n) is 2.59. The zero-order valence-corrected chi connectivity index (χ0v) is 13.2. The van der Waals surface area contributed by atoms with Gasteiger partial charge in [0.05, 0.1) is 30.7 Å². The van der Waals surface area contributed by atoms with Gasteiger partial charge < -0.3 is 9.26 Å². The minimum atomic E-state index is 0.0881. The van der Waals surface area contributed by atoms with Gasteiger partial charge in [0.15, 0.2) is 0 Å². The molecule has 0 unspecified atom stereocenters. The smallest absolute Gasteiger partial charge is 0.241 e. The van der Waals surface area contributed by atoms with Crippen molar-refractivity contribution < 1.29 is 9.26 Å². The van der Waals surface area contributed by atoms with Crippen LogP contribution in [0.2, 0.25) is 0 Å². The molecule has 3 aromatic heterocycles. The van der Waals surface area contributed by atoms with Gasteiger partial charge in [-0.2, -0.15) is 10.1 Å². The zero-order valence-electron chi connectivity index (χ0n) is 12.4. The average Bonchev–Trinajstić information content (AvgIpc) is 3.30. The third-order valence-corrected chi connectivity index (χ3v) is 4.51. The van der Waals surface area contributed by atoms with E-state index in [4.69, 9.17) is 9.26 Å². The van der Waals surface area contributed by atoms with Crippen molar-refractivity contribution in [3.05, 3.63) is 36.1 Å². The van der Waals surface area contributed by atoms with Crippen molar-refractivity contribution in [3.63, 3.8) is 0 Å². The fraction of sp³-hybridized carbons (Fsp3) is 0.429. The van der Waals surface area contributed by atoms with E-state index < -0.39 is 0 Å². The van der Waals surface area contributed by atoms with E-state index in [1.165, 1.54) is 6.33 Å². The molecule has 0 bridgehead atoms. The first kappa shape index (κ1) is 14.5. The number of hydrogen-bond acceptors (Lipinski definition) is 8. The summed E-state index contributed by atoms with van der Waals surface area (Å²) in [5, 5.41) is 10.2. The molecule has 0 radical (unpaired) electrons. The lowest BCUT2D eigenvalue weighted by Gasteiger charge is -2.31. The SMILES string of the molecule is c1csc(-c2noc(CN3CCO[C@H](Cn4cncn4)C3)n2)c1. The molecule has 1 aliphatic rings. The number of ether oxygens (including phenoxy) is 1. The molecule has 4 heterocycles. The normalized spacial score (nSPS) is 19.2. The van der Waals surface area contributed by atoms with Crippen molar-refractivity contribution in [3.8, 4) is 10.7 Å². The van der Waals surface area contributed by atoms with Crippen LogP contribution in [0, 0.1) is 0 Å². The van der Waals surface area contributed by atoms with Crippen LogP contribution in [0.1, 0.15) is 5.89 Å². The van der Waals surface area contributed by atoms with Gasteiger partial charge in [0, 0.05) is 13.1 Å². The van der Waals surface area contributed by atoms with E-state index in [9.17, 15) is 0 Å². The molecule has 0 saturated carbocycles. The zero-order chi connectivity index (χ0) is 15.5. The minimum absolute atomic E-state index is 0.0881. The summed E-state index contributed by atoms with van der Waals surface area (Å²) in [6, 6.07) is 3.97. The molecule has 120 valence electrons. The topological polar surface area (TPSA) is 82.1 Å². The van der Waals surface area contributed by atoms with Crippen molar-refractivity contribution >= 4 is 11.3 Å². The number of thiophene rings is 1. The van der Waals surface area contributed by atoms with Crippen molar-refractivity contribution in [2.75, 3.05) is 19.7 Å². The number of aromatic nitrogens is 5. The van der Waals surface area contributed by atoms with Crippen molar-refractivity contribution in [2.45, 2.75) is 19.2 Å². The molecular formula is C14H16N6O2S. The maximum absolute atomic E-state index is 5.79. The maximum Gasteiger partial charge on any atom is 0.241 e. The Hall–Kier alpha value is -2.10. The van der Waals surface area contributed by atoms with E-state index in [1.807, 2.05) is 17.5 Å². The highest BCUT2D eigenvalue weighted by Gasteiger charge is 2.23. The van der Waals surface area contributed by atoms with Gasteiger partial charge in [0.2, 0.25) is 11.7 Å². The van der Waals surface area contributed by atoms with Gasteiger partial charge in [-0.3, -0.25) is 9.58 Å². The molecule has 4 rings (SSSR count). The molecule has 0 N–H and O–H groups in total. The van der Waals surface area contributed by atoms with Gasteiger partial charge in [-0.15, -0.1) is 11.3 Å². The van der Waals surface area contributed by atoms with E-state index in [2.05, 4.69) is 25.1 Å². The molecule has 0 spiro atoms. The molecule has 1 atom stereocenters. The van der Waals surface area contributed by atoms with Gasteiger partial charge in [-0.25, -0.2) is 4.98 Å². The molecule has 23 heavy (non-hydrogen) atoms. The lowest BCUT2D eigenvalue weighted by Crippen LogP contribution is -2.43. The third-order valence-electron chi connectivity index (χ3n) is 3.65. The Morgan fingerprint density at radius 3 is 3.22 bits per heavy atom. The van der Waals surface area contributed by atoms with E-state index >= 15 is 0 Å². The molecule has 0 aromatic carbocycles. The summed E-state index contributed by atoms with van der Waals surface area (Å²) < 4.78 is 12.9. The Balaban J connectivity index is 1.37. The molecular weight excluding hydrogens is 316 g/mol. The van der Waals surface area contributed by atoms with E-state index in [1.54, 1.807) is 22.3 Å². The van der Waals surface area contributed by atoms with Gasteiger partial charge in [0.25, 0.3) is 0 Å². The second kappa shape index (κ2) is 6.57. The van der Waals surface area contributed by atoms with Gasteiger partial charge in [-0.05, 0) is 11.4 Å². The molecule has 0 aliphatic carbocycles. The van der Waals surface area contributed by atoms with Crippen LogP contribution in [0.3, 0.4) is 0 Å². The quantitative estimate of drug-likeness (QED) is 0.696. The van der Waals surface area contributed by atoms with Crippen LogP contribution in [0.5, 0.6) is 0 Å². The van der Waals surface area contributed by atoms with E-state index in [-0.39, 0.29) is 6.10 Å². The predicted molar refractivity (Wildman–Crippen MR) is 82.7 cm³/mol. The Morgan fingerprint density at radius 2 is 2.39 bits per heavy atom. The standard InChI is InChI=1S/C14H16N6O2S/c1-2-12(23-5-1)14-17-13(22-18-14)8-19-3-4-21-11(6-19)7-20-10-15-9-16-20/h1-2,5,9-11H,3-4,6-8H2/t11-/m0/s1. The Labute approximate surface area is 136 Å². The van der Waals surface area contributed by atoms with Crippen molar-refractivity contribution in [2.24, 2.45) is 0 Å². The van der Waals surface area contributed by atoms with Crippen LogP contribution < -0.4 is 0 Å². The summed E-state index contributed by atoms with van der Waals surface area (Å²) in [4.78, 5) is 11.7. The monoisotopic (exact) mass is 332 g/mol. The number of rotatable bonds is 5. The first-order valence-corrected chi connectivity index (χ1v) is 8.27. The molecule has 8 nitrogen and oxygen atoms in total. The first-order chi connectivity index (χ1) is 11.4.